The number of hydrogen-bond donors (Lipinski definition) is 0. The van der Waals surface area contributed by atoms with Gasteiger partial charge in [-0.1, -0.05) is 18.5 Å². The summed E-state index contributed by atoms with van der Waals surface area (Å²) in [5.41, 5.74) is 2.63. The lowest BCUT2D eigenvalue weighted by Crippen LogP contribution is -1.97. The molecule has 0 amide bonds. The third kappa shape index (κ3) is 2.59. The molecule has 0 unspecified atom stereocenters. The summed E-state index contributed by atoms with van der Waals surface area (Å²) in [4.78, 5) is 12.4. The van der Waals surface area contributed by atoms with Crippen LogP contribution >= 0.6 is 11.6 Å². The van der Waals surface area contributed by atoms with Gasteiger partial charge in [-0.15, -0.1) is 0 Å². The van der Waals surface area contributed by atoms with E-state index in [-0.39, 0.29) is 0 Å². The monoisotopic (exact) mass is 263 g/mol. The molecule has 0 aliphatic carbocycles. The Hall–Kier alpha value is -1.68. The lowest BCUT2D eigenvalue weighted by atomic mass is 10.1. The van der Waals surface area contributed by atoms with E-state index in [4.69, 9.17) is 16.3 Å². The third-order valence-corrected chi connectivity index (χ3v) is 2.87. The number of halogens is 1. The fourth-order valence-electron chi connectivity index (χ4n) is 1.75. The standard InChI is InChI=1S/C13H14ClN3O/c1-3-11-12(16-8-17-13(11)14)9-5-10(18-4-2)7-15-6-9/h5-8H,3-4H2,1-2H3. The maximum absolute atomic E-state index is 6.08. The van der Waals surface area contributed by atoms with Gasteiger partial charge in [-0.2, -0.15) is 0 Å². The van der Waals surface area contributed by atoms with Crippen LogP contribution in [-0.2, 0) is 6.42 Å². The molecule has 0 N–H and O–H groups in total. The summed E-state index contributed by atoms with van der Waals surface area (Å²) in [6.45, 7) is 4.57. The number of nitrogens with zero attached hydrogens (tertiary/aromatic N) is 3. The highest BCUT2D eigenvalue weighted by Crippen LogP contribution is 2.27. The van der Waals surface area contributed by atoms with E-state index in [0.29, 0.717) is 11.8 Å². The van der Waals surface area contributed by atoms with Crippen LogP contribution in [0.4, 0.5) is 0 Å². The van der Waals surface area contributed by atoms with E-state index in [1.165, 1.54) is 6.33 Å². The normalized spacial score (nSPS) is 10.4. The molecule has 0 aliphatic heterocycles. The molecule has 0 atom stereocenters. The van der Waals surface area contributed by atoms with E-state index in [2.05, 4.69) is 15.0 Å². The molecule has 0 saturated carbocycles. The second-order valence-electron chi connectivity index (χ2n) is 3.69. The van der Waals surface area contributed by atoms with Crippen molar-refractivity contribution in [2.45, 2.75) is 20.3 Å². The second-order valence-corrected chi connectivity index (χ2v) is 4.05. The summed E-state index contributed by atoms with van der Waals surface area (Å²) in [7, 11) is 0. The predicted octanol–water partition coefficient (Wildman–Crippen LogP) is 3.15. The first-order valence-electron chi connectivity index (χ1n) is 5.83. The molecule has 0 fully saturated rings. The molecule has 0 radical (unpaired) electrons. The minimum absolute atomic E-state index is 0.490. The Kier molecular flexibility index (Phi) is 4.10. The summed E-state index contributed by atoms with van der Waals surface area (Å²) in [6.07, 6.45) is 5.67. The fourth-order valence-corrected chi connectivity index (χ4v) is 2.01. The number of ether oxygens (including phenoxy) is 1. The van der Waals surface area contributed by atoms with Gasteiger partial charge in [0.15, 0.2) is 0 Å². The third-order valence-electron chi connectivity index (χ3n) is 2.54. The van der Waals surface area contributed by atoms with Crippen molar-refractivity contribution in [3.05, 3.63) is 35.5 Å². The number of aromatic nitrogens is 3. The molecule has 5 heteroatoms. The molecule has 4 nitrogen and oxygen atoms in total. The highest BCUT2D eigenvalue weighted by Gasteiger charge is 2.11. The van der Waals surface area contributed by atoms with Crippen molar-refractivity contribution in [3.8, 4) is 17.0 Å². The van der Waals surface area contributed by atoms with E-state index in [1.54, 1.807) is 12.4 Å². The van der Waals surface area contributed by atoms with E-state index in [1.807, 2.05) is 19.9 Å². The molecule has 0 spiro atoms. The molecular weight excluding hydrogens is 250 g/mol. The molecule has 2 aromatic rings. The van der Waals surface area contributed by atoms with Crippen molar-refractivity contribution in [2.24, 2.45) is 0 Å². The molecule has 0 aliphatic rings. The quantitative estimate of drug-likeness (QED) is 0.795. The number of pyridine rings is 1. The topological polar surface area (TPSA) is 47.9 Å². The van der Waals surface area contributed by atoms with Crippen LogP contribution in [-0.4, -0.2) is 21.6 Å². The zero-order chi connectivity index (χ0) is 13.0. The van der Waals surface area contributed by atoms with Gasteiger partial charge in [-0.05, 0) is 19.4 Å². The van der Waals surface area contributed by atoms with Gasteiger partial charge in [0.1, 0.15) is 17.2 Å². The summed E-state index contributed by atoms with van der Waals surface area (Å²) in [5.74, 6) is 0.729. The maximum Gasteiger partial charge on any atom is 0.138 e. The molecule has 0 saturated heterocycles. The van der Waals surface area contributed by atoms with Gasteiger partial charge in [0.2, 0.25) is 0 Å². The first kappa shape index (κ1) is 12.8. The molecule has 2 rings (SSSR count). The van der Waals surface area contributed by atoms with Crippen LogP contribution in [0, 0.1) is 0 Å². The highest BCUT2D eigenvalue weighted by atomic mass is 35.5. The zero-order valence-electron chi connectivity index (χ0n) is 10.4. The van der Waals surface area contributed by atoms with Gasteiger partial charge in [-0.25, -0.2) is 9.97 Å². The highest BCUT2D eigenvalue weighted by molar-refractivity contribution is 6.30. The van der Waals surface area contributed by atoms with Gasteiger partial charge >= 0.3 is 0 Å². The molecule has 2 heterocycles. The SMILES string of the molecule is CCOc1cncc(-c2ncnc(Cl)c2CC)c1. The van der Waals surface area contributed by atoms with Crippen LogP contribution in [0.5, 0.6) is 5.75 Å². The van der Waals surface area contributed by atoms with Crippen molar-refractivity contribution in [1.29, 1.82) is 0 Å². The first-order valence-corrected chi connectivity index (χ1v) is 6.21. The molecule has 94 valence electrons. The Labute approximate surface area is 111 Å². The number of hydrogen-bond acceptors (Lipinski definition) is 4. The number of rotatable bonds is 4. The molecule has 0 aromatic carbocycles. The van der Waals surface area contributed by atoms with Crippen LogP contribution in [0.3, 0.4) is 0 Å². The minimum Gasteiger partial charge on any atom is -0.492 e. The largest absolute Gasteiger partial charge is 0.492 e. The van der Waals surface area contributed by atoms with Crippen LogP contribution in [0.15, 0.2) is 24.8 Å². The Morgan fingerprint density at radius 3 is 2.78 bits per heavy atom. The molecule has 2 aromatic heterocycles. The van der Waals surface area contributed by atoms with Crippen molar-refractivity contribution in [1.82, 2.24) is 15.0 Å². The summed E-state index contributed by atoms with van der Waals surface area (Å²) >= 11 is 6.08. The first-order chi connectivity index (χ1) is 8.76. The Morgan fingerprint density at radius 2 is 2.06 bits per heavy atom. The van der Waals surface area contributed by atoms with Crippen molar-refractivity contribution in [3.63, 3.8) is 0 Å². The van der Waals surface area contributed by atoms with E-state index >= 15 is 0 Å². The molecule has 0 bridgehead atoms. The lowest BCUT2D eigenvalue weighted by molar-refractivity contribution is 0.339. The van der Waals surface area contributed by atoms with E-state index in [0.717, 1.165) is 29.0 Å². The maximum atomic E-state index is 6.08. The van der Waals surface area contributed by atoms with E-state index in [9.17, 15) is 0 Å². The van der Waals surface area contributed by atoms with E-state index < -0.39 is 0 Å². The predicted molar refractivity (Wildman–Crippen MR) is 70.8 cm³/mol. The Morgan fingerprint density at radius 1 is 1.22 bits per heavy atom. The Balaban J connectivity index is 2.48. The van der Waals surface area contributed by atoms with Gasteiger partial charge in [0, 0.05) is 17.3 Å². The van der Waals surface area contributed by atoms with Gasteiger partial charge in [-0.3, -0.25) is 4.98 Å². The summed E-state index contributed by atoms with van der Waals surface area (Å²) < 4.78 is 5.43. The van der Waals surface area contributed by atoms with Gasteiger partial charge in [0.25, 0.3) is 0 Å². The molecular formula is C13H14ClN3O. The van der Waals surface area contributed by atoms with Crippen LogP contribution in [0.25, 0.3) is 11.3 Å². The second kappa shape index (κ2) is 5.78. The lowest BCUT2D eigenvalue weighted by Gasteiger charge is -2.09. The van der Waals surface area contributed by atoms with Crippen LogP contribution < -0.4 is 4.74 Å². The smallest absolute Gasteiger partial charge is 0.138 e. The van der Waals surface area contributed by atoms with Crippen molar-refractivity contribution < 1.29 is 4.74 Å². The fraction of sp³-hybridized carbons (Fsp3) is 0.308. The Bertz CT molecular complexity index is 546. The average Bonchev–Trinajstić information content (AvgIpc) is 2.39. The van der Waals surface area contributed by atoms with Gasteiger partial charge < -0.3 is 4.74 Å². The van der Waals surface area contributed by atoms with Crippen LogP contribution in [0.1, 0.15) is 19.4 Å². The van der Waals surface area contributed by atoms with Crippen molar-refractivity contribution >= 4 is 11.6 Å². The summed E-state index contributed by atoms with van der Waals surface area (Å²) in [5, 5.41) is 0.490. The zero-order valence-corrected chi connectivity index (χ0v) is 11.1. The van der Waals surface area contributed by atoms with Gasteiger partial charge in [0.05, 0.1) is 18.5 Å². The average molecular weight is 264 g/mol. The van der Waals surface area contributed by atoms with Crippen LogP contribution in [0.2, 0.25) is 5.15 Å². The molecule has 18 heavy (non-hydrogen) atoms. The summed E-state index contributed by atoms with van der Waals surface area (Å²) in [6, 6.07) is 1.91. The minimum atomic E-state index is 0.490. The van der Waals surface area contributed by atoms with Crippen molar-refractivity contribution in [2.75, 3.05) is 6.61 Å².